The fourth-order valence-electron chi connectivity index (χ4n) is 3.53. The molecule has 2 amide bonds. The lowest BCUT2D eigenvalue weighted by Gasteiger charge is -2.14. The highest BCUT2D eigenvalue weighted by atomic mass is 79.9. The van der Waals surface area contributed by atoms with Gasteiger partial charge in [-0.3, -0.25) is 14.5 Å². The minimum absolute atomic E-state index is 0.0374. The molecule has 0 unspecified atom stereocenters. The number of rotatable bonds is 5. The number of amides is 2. The lowest BCUT2D eigenvalue weighted by Crippen LogP contribution is -2.27. The number of benzene rings is 3. The Morgan fingerprint density at radius 1 is 1.06 bits per heavy atom. The van der Waals surface area contributed by atoms with Crippen molar-refractivity contribution >= 4 is 74.1 Å². The zero-order chi connectivity index (χ0) is 25.4. The SMILES string of the molecule is O=C(Oc1ccc(Br)cc1/C=C1\SC(=O)N(Cc2cc3c(cc2Cl)OCO3)C1=O)c1ccccc1Cl. The van der Waals surface area contributed by atoms with E-state index in [2.05, 4.69) is 15.9 Å². The minimum atomic E-state index is -0.650. The van der Waals surface area contributed by atoms with E-state index in [4.69, 9.17) is 37.4 Å². The van der Waals surface area contributed by atoms with Crippen molar-refractivity contribution in [2.24, 2.45) is 0 Å². The number of nitrogens with zero attached hydrogens (tertiary/aromatic N) is 1. The molecule has 36 heavy (non-hydrogen) atoms. The Morgan fingerprint density at radius 3 is 2.58 bits per heavy atom. The summed E-state index contributed by atoms with van der Waals surface area (Å²) in [6, 6.07) is 14.7. The molecule has 1 fully saturated rings. The number of fused-ring (bicyclic) bond motifs is 1. The molecule has 3 aromatic carbocycles. The van der Waals surface area contributed by atoms with Gasteiger partial charge in [-0.05, 0) is 59.8 Å². The number of hydrogen-bond donors (Lipinski definition) is 0. The summed E-state index contributed by atoms with van der Waals surface area (Å²) in [5.41, 5.74) is 1.17. The fraction of sp³-hybridized carbons (Fsp3) is 0.0800. The zero-order valence-electron chi connectivity index (χ0n) is 18.1. The number of carbonyl (C=O) groups excluding carboxylic acids is 3. The summed E-state index contributed by atoms with van der Waals surface area (Å²) in [4.78, 5) is 39.8. The number of imide groups is 1. The average molecular weight is 607 g/mol. The van der Waals surface area contributed by atoms with E-state index in [1.54, 1.807) is 54.6 Å². The second kappa shape index (κ2) is 10.2. The Kier molecular flexibility index (Phi) is 6.98. The van der Waals surface area contributed by atoms with Crippen LogP contribution < -0.4 is 14.2 Å². The Balaban J connectivity index is 1.40. The quantitative estimate of drug-likeness (QED) is 0.177. The van der Waals surface area contributed by atoms with Crippen molar-refractivity contribution in [3.8, 4) is 17.2 Å². The van der Waals surface area contributed by atoms with E-state index in [0.29, 0.717) is 32.1 Å². The van der Waals surface area contributed by atoms with Crippen LogP contribution in [0.2, 0.25) is 10.0 Å². The molecule has 0 atom stereocenters. The first-order valence-corrected chi connectivity index (χ1v) is 12.8. The Hall–Kier alpha value is -2.98. The Bertz CT molecular complexity index is 1460. The van der Waals surface area contributed by atoms with Crippen LogP contribution >= 0.6 is 50.9 Å². The number of hydrogen-bond acceptors (Lipinski definition) is 7. The maximum atomic E-state index is 13.1. The third kappa shape index (κ3) is 4.97. The first-order chi connectivity index (χ1) is 17.3. The van der Waals surface area contributed by atoms with Crippen LogP contribution in [-0.2, 0) is 11.3 Å². The van der Waals surface area contributed by atoms with Crippen molar-refractivity contribution in [2.75, 3.05) is 6.79 Å². The molecule has 0 saturated carbocycles. The van der Waals surface area contributed by atoms with Gasteiger partial charge in [-0.1, -0.05) is 51.3 Å². The highest BCUT2D eigenvalue weighted by Gasteiger charge is 2.36. The molecule has 0 aliphatic carbocycles. The molecule has 11 heteroatoms. The van der Waals surface area contributed by atoms with E-state index in [-0.39, 0.29) is 34.6 Å². The maximum Gasteiger partial charge on any atom is 0.345 e. The van der Waals surface area contributed by atoms with Crippen LogP contribution in [0, 0.1) is 0 Å². The van der Waals surface area contributed by atoms with Crippen LogP contribution in [0.15, 0.2) is 64.0 Å². The van der Waals surface area contributed by atoms with Crippen molar-refractivity contribution in [2.45, 2.75) is 6.54 Å². The van der Waals surface area contributed by atoms with Crippen LogP contribution in [-0.4, -0.2) is 28.8 Å². The van der Waals surface area contributed by atoms with Crippen LogP contribution in [0.4, 0.5) is 4.79 Å². The molecule has 3 aromatic rings. The number of carbonyl (C=O) groups is 3. The highest BCUT2D eigenvalue weighted by molar-refractivity contribution is 9.10. The van der Waals surface area contributed by atoms with Crippen molar-refractivity contribution in [1.82, 2.24) is 4.90 Å². The van der Waals surface area contributed by atoms with Gasteiger partial charge in [0, 0.05) is 21.1 Å². The Labute approximate surface area is 228 Å². The van der Waals surface area contributed by atoms with Crippen molar-refractivity contribution in [3.05, 3.63) is 90.7 Å². The van der Waals surface area contributed by atoms with Gasteiger partial charge in [0.1, 0.15) is 5.75 Å². The molecule has 0 radical (unpaired) electrons. The Morgan fingerprint density at radius 2 is 1.81 bits per heavy atom. The molecule has 1 saturated heterocycles. The number of ether oxygens (including phenoxy) is 3. The van der Waals surface area contributed by atoms with Gasteiger partial charge in [0.25, 0.3) is 11.1 Å². The van der Waals surface area contributed by atoms with Gasteiger partial charge in [-0.15, -0.1) is 0 Å². The molecule has 0 bridgehead atoms. The molecule has 2 aliphatic rings. The number of esters is 1. The second-order valence-electron chi connectivity index (χ2n) is 7.62. The average Bonchev–Trinajstić information content (AvgIpc) is 3.40. The molecule has 2 heterocycles. The summed E-state index contributed by atoms with van der Waals surface area (Å²) in [6.07, 6.45) is 1.51. The molecule has 0 spiro atoms. The number of halogens is 3. The lowest BCUT2D eigenvalue weighted by atomic mass is 10.1. The summed E-state index contributed by atoms with van der Waals surface area (Å²) >= 11 is 16.6. The third-order valence-corrected chi connectivity index (χ3v) is 7.38. The van der Waals surface area contributed by atoms with Gasteiger partial charge in [-0.25, -0.2) is 4.79 Å². The number of thioether (sulfide) groups is 1. The molecular weight excluding hydrogens is 593 g/mol. The summed E-state index contributed by atoms with van der Waals surface area (Å²) in [6.45, 7) is 0.0414. The first-order valence-electron chi connectivity index (χ1n) is 10.4. The molecule has 0 aromatic heterocycles. The van der Waals surface area contributed by atoms with Crippen LogP contribution in [0.5, 0.6) is 17.2 Å². The third-order valence-electron chi connectivity index (χ3n) is 5.30. The summed E-state index contributed by atoms with van der Waals surface area (Å²) in [5, 5.41) is 0.150. The van der Waals surface area contributed by atoms with E-state index < -0.39 is 17.1 Å². The van der Waals surface area contributed by atoms with Crippen LogP contribution in [0.3, 0.4) is 0 Å². The van der Waals surface area contributed by atoms with Gasteiger partial charge < -0.3 is 14.2 Å². The summed E-state index contributed by atoms with van der Waals surface area (Å²) in [7, 11) is 0. The molecule has 182 valence electrons. The predicted octanol–water partition coefficient (Wildman–Crippen LogP) is 6.94. The van der Waals surface area contributed by atoms with Gasteiger partial charge in [-0.2, -0.15) is 0 Å². The largest absolute Gasteiger partial charge is 0.454 e. The molecular formula is C25H14BrCl2NO6S. The van der Waals surface area contributed by atoms with E-state index in [0.717, 1.165) is 16.7 Å². The summed E-state index contributed by atoms with van der Waals surface area (Å²) in [5.74, 6) is 0.0567. The van der Waals surface area contributed by atoms with Crippen LogP contribution in [0.1, 0.15) is 21.5 Å². The van der Waals surface area contributed by atoms with E-state index >= 15 is 0 Å². The van der Waals surface area contributed by atoms with E-state index in [9.17, 15) is 14.4 Å². The second-order valence-corrected chi connectivity index (χ2v) is 10.3. The smallest absolute Gasteiger partial charge is 0.345 e. The van der Waals surface area contributed by atoms with Crippen LogP contribution in [0.25, 0.3) is 6.08 Å². The first kappa shape index (κ1) is 24.7. The molecule has 0 N–H and O–H groups in total. The van der Waals surface area contributed by atoms with Crippen molar-refractivity contribution in [3.63, 3.8) is 0 Å². The van der Waals surface area contributed by atoms with Crippen molar-refractivity contribution < 1.29 is 28.6 Å². The summed E-state index contributed by atoms with van der Waals surface area (Å²) < 4.78 is 16.9. The predicted molar refractivity (Wildman–Crippen MR) is 140 cm³/mol. The van der Waals surface area contributed by atoms with Gasteiger partial charge in [0.2, 0.25) is 6.79 Å². The van der Waals surface area contributed by atoms with Crippen molar-refractivity contribution in [1.29, 1.82) is 0 Å². The van der Waals surface area contributed by atoms with E-state index in [1.165, 1.54) is 6.08 Å². The van der Waals surface area contributed by atoms with Gasteiger partial charge in [0.05, 0.1) is 22.0 Å². The standard InChI is InChI=1S/C25H14BrCl2NO6S/c26-15-5-6-19(35-24(31)16-3-1-2-4-17(16)27)13(7-15)9-22-23(30)29(25(32)36-22)11-14-8-20-21(10-18(14)28)34-12-33-20/h1-10H,11-12H2/b22-9-. The molecule has 2 aliphatic heterocycles. The lowest BCUT2D eigenvalue weighted by molar-refractivity contribution is -0.123. The normalized spacial score (nSPS) is 15.6. The highest BCUT2D eigenvalue weighted by Crippen LogP contribution is 2.40. The topological polar surface area (TPSA) is 82.1 Å². The fourth-order valence-corrected chi connectivity index (χ4v) is 5.17. The molecule has 7 nitrogen and oxygen atoms in total. The monoisotopic (exact) mass is 605 g/mol. The zero-order valence-corrected chi connectivity index (χ0v) is 22.0. The minimum Gasteiger partial charge on any atom is -0.454 e. The molecule has 5 rings (SSSR count). The van der Waals surface area contributed by atoms with E-state index in [1.807, 2.05) is 0 Å². The van der Waals surface area contributed by atoms with Gasteiger partial charge >= 0.3 is 5.97 Å². The maximum absolute atomic E-state index is 13.1. The van der Waals surface area contributed by atoms with Gasteiger partial charge in [0.15, 0.2) is 11.5 Å².